The quantitative estimate of drug-likeness (QED) is 0.509. The highest BCUT2D eigenvalue weighted by Crippen LogP contribution is 1.90. The first-order valence-electron chi connectivity index (χ1n) is 4.84. The van der Waals surface area contributed by atoms with E-state index in [1.54, 1.807) is 0 Å². The molecule has 1 unspecified atom stereocenters. The third kappa shape index (κ3) is 9.76. The number of hydrogen-bond donors (Lipinski definition) is 2. The second kappa shape index (κ2) is 9.92. The average molecular weight is 191 g/mol. The fraction of sp³-hybridized carbons (Fsp3) is 1.00. The van der Waals surface area contributed by atoms with E-state index in [2.05, 4.69) is 6.92 Å². The van der Waals surface area contributed by atoms with Crippen LogP contribution in [0.15, 0.2) is 0 Å². The number of aliphatic hydroxyl groups is 1. The second-order valence-corrected chi connectivity index (χ2v) is 2.90. The Bertz CT molecular complexity index is 101. The molecule has 13 heavy (non-hydrogen) atoms. The molecule has 4 nitrogen and oxygen atoms in total. The third-order valence-corrected chi connectivity index (χ3v) is 1.59. The average Bonchev–Trinajstić information content (AvgIpc) is 2.16. The van der Waals surface area contributed by atoms with Crippen molar-refractivity contribution < 1.29 is 14.6 Å². The normalized spacial score (nSPS) is 13.2. The highest BCUT2D eigenvalue weighted by Gasteiger charge is 1.99. The molecule has 0 bridgehead atoms. The molecule has 0 aromatic carbocycles. The van der Waals surface area contributed by atoms with Crippen LogP contribution in [0.2, 0.25) is 0 Å². The van der Waals surface area contributed by atoms with Crippen molar-refractivity contribution in [1.29, 1.82) is 0 Å². The van der Waals surface area contributed by atoms with Gasteiger partial charge in [0.2, 0.25) is 0 Å². The SMILES string of the molecule is CCCOCCOCCC(O)CN. The Kier molecular flexibility index (Phi) is 9.80. The Morgan fingerprint density at radius 2 is 1.77 bits per heavy atom. The fourth-order valence-corrected chi connectivity index (χ4v) is 0.804. The Morgan fingerprint density at radius 1 is 1.15 bits per heavy atom. The Hall–Kier alpha value is -0.160. The van der Waals surface area contributed by atoms with Crippen molar-refractivity contribution in [2.75, 3.05) is 33.0 Å². The van der Waals surface area contributed by atoms with E-state index in [-0.39, 0.29) is 0 Å². The molecular formula is C9H21NO3. The Balaban J connectivity index is 2.91. The molecule has 0 rings (SSSR count). The number of hydrogen-bond acceptors (Lipinski definition) is 4. The molecule has 0 saturated heterocycles. The first-order chi connectivity index (χ1) is 6.31. The topological polar surface area (TPSA) is 64.7 Å². The van der Waals surface area contributed by atoms with Crippen LogP contribution in [-0.4, -0.2) is 44.2 Å². The summed E-state index contributed by atoms with van der Waals surface area (Å²) in [6, 6.07) is 0. The van der Waals surface area contributed by atoms with Gasteiger partial charge in [0, 0.05) is 19.8 Å². The summed E-state index contributed by atoms with van der Waals surface area (Å²) in [6.45, 7) is 4.93. The summed E-state index contributed by atoms with van der Waals surface area (Å²) in [4.78, 5) is 0. The van der Waals surface area contributed by atoms with Crippen molar-refractivity contribution in [1.82, 2.24) is 0 Å². The zero-order valence-electron chi connectivity index (χ0n) is 8.37. The van der Waals surface area contributed by atoms with Gasteiger partial charge in [-0.3, -0.25) is 0 Å². The van der Waals surface area contributed by atoms with Crippen LogP contribution in [0.5, 0.6) is 0 Å². The standard InChI is InChI=1S/C9H21NO3/c1-2-4-12-6-7-13-5-3-9(11)8-10/h9,11H,2-8,10H2,1H3. The van der Waals surface area contributed by atoms with Crippen LogP contribution in [0.1, 0.15) is 19.8 Å². The van der Waals surface area contributed by atoms with Gasteiger partial charge in [0.1, 0.15) is 0 Å². The number of aliphatic hydroxyl groups excluding tert-OH is 1. The smallest absolute Gasteiger partial charge is 0.0700 e. The minimum absolute atomic E-state index is 0.301. The zero-order valence-corrected chi connectivity index (χ0v) is 8.37. The van der Waals surface area contributed by atoms with Crippen molar-refractivity contribution in [3.63, 3.8) is 0 Å². The Labute approximate surface area is 80.0 Å². The summed E-state index contributed by atoms with van der Waals surface area (Å²) < 4.78 is 10.4. The highest BCUT2D eigenvalue weighted by atomic mass is 16.5. The predicted octanol–water partition coefficient (Wildman–Crippen LogP) is 0.139. The summed E-state index contributed by atoms with van der Waals surface area (Å²) in [6.07, 6.45) is 1.20. The van der Waals surface area contributed by atoms with Crippen LogP contribution in [0.4, 0.5) is 0 Å². The molecule has 0 fully saturated rings. The minimum Gasteiger partial charge on any atom is -0.392 e. The molecule has 0 aromatic rings. The molecule has 0 spiro atoms. The van der Waals surface area contributed by atoms with E-state index in [0.717, 1.165) is 13.0 Å². The largest absolute Gasteiger partial charge is 0.392 e. The van der Waals surface area contributed by atoms with Gasteiger partial charge in [-0.2, -0.15) is 0 Å². The van der Waals surface area contributed by atoms with Gasteiger partial charge in [0.05, 0.1) is 19.3 Å². The highest BCUT2D eigenvalue weighted by molar-refractivity contribution is 4.53. The van der Waals surface area contributed by atoms with Crippen LogP contribution >= 0.6 is 0 Å². The van der Waals surface area contributed by atoms with Crippen LogP contribution in [0.3, 0.4) is 0 Å². The van der Waals surface area contributed by atoms with E-state index in [9.17, 15) is 0 Å². The molecule has 4 heteroatoms. The van der Waals surface area contributed by atoms with E-state index < -0.39 is 6.10 Å². The van der Waals surface area contributed by atoms with E-state index >= 15 is 0 Å². The fourth-order valence-electron chi connectivity index (χ4n) is 0.804. The molecule has 0 aromatic heterocycles. The monoisotopic (exact) mass is 191 g/mol. The van der Waals surface area contributed by atoms with Crippen molar-refractivity contribution in [2.45, 2.75) is 25.9 Å². The van der Waals surface area contributed by atoms with Crippen molar-refractivity contribution in [3.8, 4) is 0 Å². The van der Waals surface area contributed by atoms with Crippen LogP contribution in [0.25, 0.3) is 0 Å². The molecule has 3 N–H and O–H groups in total. The van der Waals surface area contributed by atoms with Gasteiger partial charge in [-0.15, -0.1) is 0 Å². The van der Waals surface area contributed by atoms with Crippen LogP contribution in [-0.2, 0) is 9.47 Å². The van der Waals surface area contributed by atoms with Gasteiger partial charge in [-0.1, -0.05) is 6.92 Å². The van der Waals surface area contributed by atoms with Crippen molar-refractivity contribution in [2.24, 2.45) is 5.73 Å². The maximum atomic E-state index is 9.06. The van der Waals surface area contributed by atoms with Crippen LogP contribution < -0.4 is 5.73 Å². The lowest BCUT2D eigenvalue weighted by Crippen LogP contribution is -2.21. The molecule has 1 atom stereocenters. The molecule has 80 valence electrons. The maximum Gasteiger partial charge on any atom is 0.0700 e. The summed E-state index contributed by atoms with van der Waals surface area (Å²) in [5.74, 6) is 0. The molecule has 0 radical (unpaired) electrons. The second-order valence-electron chi connectivity index (χ2n) is 2.90. The Morgan fingerprint density at radius 3 is 2.31 bits per heavy atom. The molecule has 0 aliphatic rings. The zero-order chi connectivity index (χ0) is 9.94. The number of rotatable bonds is 9. The molecule has 0 amide bonds. The third-order valence-electron chi connectivity index (χ3n) is 1.59. The van der Waals surface area contributed by atoms with E-state index in [0.29, 0.717) is 32.8 Å². The van der Waals surface area contributed by atoms with Gasteiger partial charge in [0.25, 0.3) is 0 Å². The molecule has 0 aliphatic carbocycles. The van der Waals surface area contributed by atoms with Gasteiger partial charge >= 0.3 is 0 Å². The molecule has 0 heterocycles. The summed E-state index contributed by atoms with van der Waals surface area (Å²) in [5.41, 5.74) is 5.22. The lowest BCUT2D eigenvalue weighted by Gasteiger charge is -2.08. The van der Waals surface area contributed by atoms with Gasteiger partial charge in [-0.25, -0.2) is 0 Å². The van der Waals surface area contributed by atoms with Gasteiger partial charge in [0.15, 0.2) is 0 Å². The van der Waals surface area contributed by atoms with E-state index in [1.165, 1.54) is 0 Å². The maximum absolute atomic E-state index is 9.06. The molecule has 0 saturated carbocycles. The van der Waals surface area contributed by atoms with Crippen molar-refractivity contribution >= 4 is 0 Å². The first-order valence-corrected chi connectivity index (χ1v) is 4.84. The number of nitrogens with two attached hydrogens (primary N) is 1. The summed E-state index contributed by atoms with van der Waals surface area (Å²) in [5, 5.41) is 9.06. The van der Waals surface area contributed by atoms with Gasteiger partial charge in [-0.05, 0) is 12.8 Å². The molecular weight excluding hydrogens is 170 g/mol. The lowest BCUT2D eigenvalue weighted by molar-refractivity contribution is 0.0337. The minimum atomic E-state index is -0.434. The lowest BCUT2D eigenvalue weighted by atomic mass is 10.3. The van der Waals surface area contributed by atoms with E-state index in [1.807, 2.05) is 0 Å². The van der Waals surface area contributed by atoms with Gasteiger partial charge < -0.3 is 20.3 Å². The summed E-state index contributed by atoms with van der Waals surface area (Å²) >= 11 is 0. The predicted molar refractivity (Wildman–Crippen MR) is 51.6 cm³/mol. The first kappa shape index (κ1) is 12.8. The van der Waals surface area contributed by atoms with E-state index in [4.69, 9.17) is 20.3 Å². The molecule has 0 aliphatic heterocycles. The summed E-state index contributed by atoms with van der Waals surface area (Å²) in [7, 11) is 0. The van der Waals surface area contributed by atoms with Crippen LogP contribution in [0, 0.1) is 0 Å². The van der Waals surface area contributed by atoms with Crippen molar-refractivity contribution in [3.05, 3.63) is 0 Å². The number of ether oxygens (including phenoxy) is 2.